The molecule has 1 unspecified atom stereocenters. The minimum atomic E-state index is -2.51. The van der Waals surface area contributed by atoms with Gasteiger partial charge in [0.1, 0.15) is 17.6 Å². The molecule has 2 rings (SSSR count). The normalized spacial score (nSPS) is 12.5. The van der Waals surface area contributed by atoms with E-state index in [2.05, 4.69) is 4.18 Å². The predicted molar refractivity (Wildman–Crippen MR) is 70.9 cm³/mol. The Morgan fingerprint density at radius 2 is 1.56 bits per heavy atom. The van der Waals surface area contributed by atoms with E-state index >= 15 is 0 Å². The summed E-state index contributed by atoms with van der Waals surface area (Å²) >= 11 is -2.51. The molecule has 3 nitrogen and oxygen atoms in total. The van der Waals surface area contributed by atoms with E-state index in [0.717, 1.165) is 23.0 Å². The van der Waals surface area contributed by atoms with Crippen molar-refractivity contribution in [3.63, 3.8) is 0 Å². The van der Waals surface area contributed by atoms with Gasteiger partial charge in [0.25, 0.3) is 0 Å². The second-order valence-electron chi connectivity index (χ2n) is 3.59. The van der Waals surface area contributed by atoms with Gasteiger partial charge in [0.2, 0.25) is 0 Å². The molecule has 0 N–H and O–H groups in total. The third kappa shape index (κ3) is 3.55. The van der Waals surface area contributed by atoms with Gasteiger partial charge in [-0.25, -0.2) is 4.21 Å². The van der Waals surface area contributed by atoms with Gasteiger partial charge in [0.15, 0.2) is 0 Å². The zero-order valence-corrected chi connectivity index (χ0v) is 10.3. The van der Waals surface area contributed by atoms with Crippen molar-refractivity contribution in [3.05, 3.63) is 66.4 Å². The minimum Gasteiger partial charge on any atom is -0.740 e. The summed E-state index contributed by atoms with van der Waals surface area (Å²) in [6, 6.07) is 17.8. The standard InChI is InChI=1S/C14H12O3S/c15-18(16)17-11-10-12-6-8-14(9-7-12)13-4-2-1-3-5-13/h1-11H,(H,15,16)/p-1. The Hall–Kier alpha value is -1.91. The van der Waals surface area contributed by atoms with Gasteiger partial charge in [-0.05, 0) is 22.8 Å². The van der Waals surface area contributed by atoms with Crippen molar-refractivity contribution in [3.8, 4) is 11.1 Å². The van der Waals surface area contributed by atoms with Gasteiger partial charge in [0, 0.05) is 0 Å². The minimum absolute atomic E-state index is 0.875. The Balaban J connectivity index is 2.11. The quantitative estimate of drug-likeness (QED) is 0.626. The lowest BCUT2D eigenvalue weighted by atomic mass is 10.0. The van der Waals surface area contributed by atoms with Crippen molar-refractivity contribution < 1.29 is 12.9 Å². The molecule has 0 heterocycles. The van der Waals surface area contributed by atoms with Gasteiger partial charge >= 0.3 is 0 Å². The summed E-state index contributed by atoms with van der Waals surface area (Å²) in [4.78, 5) is 0. The Morgan fingerprint density at radius 1 is 0.944 bits per heavy atom. The summed E-state index contributed by atoms with van der Waals surface area (Å²) in [5, 5.41) is 0. The van der Waals surface area contributed by atoms with Crippen LogP contribution in [-0.4, -0.2) is 8.76 Å². The van der Waals surface area contributed by atoms with Crippen molar-refractivity contribution in [2.24, 2.45) is 0 Å². The highest BCUT2D eigenvalue weighted by atomic mass is 32.2. The zero-order chi connectivity index (χ0) is 12.8. The molecule has 0 aliphatic carbocycles. The second-order valence-corrected chi connectivity index (χ2v) is 4.19. The van der Waals surface area contributed by atoms with Crippen LogP contribution >= 0.6 is 0 Å². The number of hydrogen-bond acceptors (Lipinski definition) is 3. The molecule has 0 amide bonds. The molecule has 0 aromatic heterocycles. The van der Waals surface area contributed by atoms with E-state index in [4.69, 9.17) is 0 Å². The molecular formula is C14H11O3S-. The van der Waals surface area contributed by atoms with Gasteiger partial charge in [-0.15, -0.1) is 0 Å². The molecule has 4 heteroatoms. The zero-order valence-electron chi connectivity index (χ0n) is 9.48. The van der Waals surface area contributed by atoms with Crippen LogP contribution in [-0.2, 0) is 15.5 Å². The van der Waals surface area contributed by atoms with Crippen molar-refractivity contribution in [2.45, 2.75) is 0 Å². The molecule has 0 radical (unpaired) electrons. The lowest BCUT2D eigenvalue weighted by Gasteiger charge is -2.02. The summed E-state index contributed by atoms with van der Waals surface area (Å²) in [6.45, 7) is 0. The molecule has 0 saturated heterocycles. The van der Waals surface area contributed by atoms with Gasteiger partial charge in [-0.2, -0.15) is 0 Å². The van der Waals surface area contributed by atoms with Crippen LogP contribution in [0.5, 0.6) is 0 Å². The van der Waals surface area contributed by atoms with E-state index in [-0.39, 0.29) is 0 Å². The van der Waals surface area contributed by atoms with E-state index in [1.165, 1.54) is 0 Å². The summed E-state index contributed by atoms with van der Waals surface area (Å²) in [5.41, 5.74) is 3.13. The van der Waals surface area contributed by atoms with Crippen LogP contribution in [0.1, 0.15) is 5.56 Å². The van der Waals surface area contributed by atoms with Crippen molar-refractivity contribution >= 4 is 17.4 Å². The topological polar surface area (TPSA) is 49.4 Å². The van der Waals surface area contributed by atoms with Crippen LogP contribution in [0.25, 0.3) is 17.2 Å². The summed E-state index contributed by atoms with van der Waals surface area (Å²) in [5.74, 6) is 0. The Kier molecular flexibility index (Phi) is 4.28. The first-order valence-corrected chi connectivity index (χ1v) is 6.34. The van der Waals surface area contributed by atoms with E-state index in [0.29, 0.717) is 0 Å². The molecule has 0 aliphatic heterocycles. The highest BCUT2D eigenvalue weighted by Gasteiger charge is 1.95. The first kappa shape index (κ1) is 12.5. The van der Waals surface area contributed by atoms with Crippen molar-refractivity contribution in [1.82, 2.24) is 0 Å². The van der Waals surface area contributed by atoms with Crippen LogP contribution < -0.4 is 0 Å². The molecule has 2 aromatic carbocycles. The van der Waals surface area contributed by atoms with Gasteiger partial charge in [-0.3, -0.25) is 0 Å². The van der Waals surface area contributed by atoms with Crippen molar-refractivity contribution in [2.75, 3.05) is 0 Å². The maximum atomic E-state index is 10.2. The van der Waals surface area contributed by atoms with Gasteiger partial charge in [0.05, 0.1) is 0 Å². The number of rotatable bonds is 4. The largest absolute Gasteiger partial charge is 0.740 e. The van der Waals surface area contributed by atoms with Crippen LogP contribution in [0.15, 0.2) is 60.9 Å². The molecule has 1 atom stereocenters. The van der Waals surface area contributed by atoms with Gasteiger partial charge < -0.3 is 8.74 Å². The lowest BCUT2D eigenvalue weighted by molar-refractivity contribution is 0.407. The molecule has 18 heavy (non-hydrogen) atoms. The SMILES string of the molecule is O=S([O-])OC=Cc1ccc(-c2ccccc2)cc1. The van der Waals surface area contributed by atoms with Gasteiger partial charge in [-0.1, -0.05) is 54.6 Å². The average molecular weight is 259 g/mol. The van der Waals surface area contributed by atoms with Crippen LogP contribution in [0.2, 0.25) is 0 Å². The lowest BCUT2D eigenvalue weighted by Crippen LogP contribution is -1.86. The predicted octanol–water partition coefficient (Wildman–Crippen LogP) is 3.14. The van der Waals surface area contributed by atoms with E-state index in [1.54, 1.807) is 6.08 Å². The van der Waals surface area contributed by atoms with E-state index < -0.39 is 11.4 Å². The molecule has 0 spiro atoms. The molecule has 0 fully saturated rings. The average Bonchev–Trinajstić information content (AvgIpc) is 2.40. The molecule has 92 valence electrons. The Morgan fingerprint density at radius 3 is 2.17 bits per heavy atom. The summed E-state index contributed by atoms with van der Waals surface area (Å²) in [6.07, 6.45) is 2.73. The molecule has 0 bridgehead atoms. The maximum absolute atomic E-state index is 10.2. The first-order chi connectivity index (χ1) is 8.75. The summed E-state index contributed by atoms with van der Waals surface area (Å²) < 4.78 is 24.6. The van der Waals surface area contributed by atoms with Crippen LogP contribution in [0.4, 0.5) is 0 Å². The fraction of sp³-hybridized carbons (Fsp3) is 0. The molecular weight excluding hydrogens is 248 g/mol. The fourth-order valence-electron chi connectivity index (χ4n) is 1.57. The summed E-state index contributed by atoms with van der Waals surface area (Å²) in [7, 11) is 0. The first-order valence-electron chi connectivity index (χ1n) is 5.34. The third-order valence-electron chi connectivity index (χ3n) is 2.41. The maximum Gasteiger partial charge on any atom is 0.138 e. The number of benzene rings is 2. The Bertz CT molecular complexity index is 547. The van der Waals surface area contributed by atoms with E-state index in [9.17, 15) is 8.76 Å². The smallest absolute Gasteiger partial charge is 0.138 e. The highest BCUT2D eigenvalue weighted by Crippen LogP contribution is 2.19. The number of hydrogen-bond donors (Lipinski definition) is 0. The van der Waals surface area contributed by atoms with Crippen LogP contribution in [0.3, 0.4) is 0 Å². The fourth-order valence-corrected chi connectivity index (χ4v) is 1.72. The van der Waals surface area contributed by atoms with Crippen molar-refractivity contribution in [1.29, 1.82) is 0 Å². The molecule has 2 aromatic rings. The molecule has 0 saturated carbocycles. The highest BCUT2D eigenvalue weighted by molar-refractivity contribution is 7.74. The third-order valence-corrected chi connectivity index (χ3v) is 2.68. The Labute approximate surface area is 108 Å². The van der Waals surface area contributed by atoms with Crippen LogP contribution in [0, 0.1) is 0 Å². The molecule has 0 aliphatic rings. The second kappa shape index (κ2) is 6.14. The monoisotopic (exact) mass is 259 g/mol. The van der Waals surface area contributed by atoms with E-state index in [1.807, 2.05) is 54.6 Å².